The van der Waals surface area contributed by atoms with Crippen LogP contribution in [0.5, 0.6) is 0 Å². The summed E-state index contributed by atoms with van der Waals surface area (Å²) in [7, 11) is 0. The first-order valence-electron chi connectivity index (χ1n) is 7.39. The van der Waals surface area contributed by atoms with Crippen LogP contribution in [0.4, 0.5) is 0 Å². The summed E-state index contributed by atoms with van der Waals surface area (Å²) in [4.78, 5) is 0. The second-order valence-corrected chi connectivity index (χ2v) is 7.34. The van der Waals surface area contributed by atoms with E-state index in [1.165, 1.54) is 6.92 Å². The van der Waals surface area contributed by atoms with Crippen molar-refractivity contribution in [3.05, 3.63) is 0 Å². The molecule has 4 nitrogen and oxygen atoms in total. The highest BCUT2D eigenvalue weighted by Gasteiger charge is 2.61. The lowest BCUT2D eigenvalue weighted by Crippen LogP contribution is -2.50. The van der Waals surface area contributed by atoms with Gasteiger partial charge < -0.3 is 20.4 Å². The van der Waals surface area contributed by atoms with Gasteiger partial charge in [0.2, 0.25) is 0 Å². The Labute approximate surface area is 115 Å². The summed E-state index contributed by atoms with van der Waals surface area (Å²) in [6.07, 6.45) is 3.47. The van der Waals surface area contributed by atoms with E-state index < -0.39 is 23.9 Å². The highest BCUT2D eigenvalue weighted by Crippen LogP contribution is 2.63. The molecule has 0 radical (unpaired) electrons. The number of aliphatic hydroxyl groups excluding tert-OH is 2. The lowest BCUT2D eigenvalue weighted by Gasteiger charge is -2.47. The number of aliphatic hydroxyl groups is 4. The predicted octanol–water partition coefficient (Wildman–Crippen LogP) is 1.06. The van der Waals surface area contributed by atoms with Crippen molar-refractivity contribution in [3.63, 3.8) is 0 Å². The Bertz CT molecular complexity index is 339. The van der Waals surface area contributed by atoms with Crippen molar-refractivity contribution < 1.29 is 20.4 Å². The summed E-state index contributed by atoms with van der Waals surface area (Å²) in [6, 6.07) is 0. The second-order valence-electron chi connectivity index (χ2n) is 7.34. The molecule has 0 aliphatic heterocycles. The van der Waals surface area contributed by atoms with Crippen molar-refractivity contribution in [3.8, 4) is 0 Å². The van der Waals surface area contributed by atoms with Crippen LogP contribution in [0.1, 0.15) is 52.9 Å². The van der Waals surface area contributed by atoms with Gasteiger partial charge in [-0.2, -0.15) is 0 Å². The van der Waals surface area contributed by atoms with Gasteiger partial charge in [-0.25, -0.2) is 0 Å². The van der Waals surface area contributed by atoms with Gasteiger partial charge in [0.25, 0.3) is 0 Å². The normalized spacial score (nSPS) is 46.3. The molecule has 0 saturated heterocycles. The molecule has 2 unspecified atom stereocenters. The van der Waals surface area contributed by atoms with Crippen molar-refractivity contribution in [1.29, 1.82) is 0 Å². The first-order chi connectivity index (χ1) is 8.65. The van der Waals surface area contributed by atoms with E-state index in [1.54, 1.807) is 0 Å². The van der Waals surface area contributed by atoms with E-state index in [2.05, 4.69) is 6.92 Å². The van der Waals surface area contributed by atoms with Crippen molar-refractivity contribution >= 4 is 0 Å². The minimum atomic E-state index is -1.46. The minimum Gasteiger partial charge on any atom is -0.393 e. The third-order valence-electron chi connectivity index (χ3n) is 6.26. The summed E-state index contributed by atoms with van der Waals surface area (Å²) in [5.41, 5.74) is -2.33. The average molecular weight is 272 g/mol. The maximum atomic E-state index is 10.8. The zero-order valence-electron chi connectivity index (χ0n) is 12.3. The largest absolute Gasteiger partial charge is 0.393 e. The monoisotopic (exact) mass is 272 g/mol. The van der Waals surface area contributed by atoms with Crippen LogP contribution in [0, 0.1) is 17.3 Å². The predicted molar refractivity (Wildman–Crippen MR) is 72.5 cm³/mol. The number of hydrogen-bond acceptors (Lipinski definition) is 4. The van der Waals surface area contributed by atoms with Crippen LogP contribution in [0.25, 0.3) is 0 Å². The highest BCUT2D eigenvalue weighted by molar-refractivity contribution is 5.11. The SMILES string of the molecule is CC(O)(CO)C(O)CC[C@@]1(C)[C@@H]2CC[C@@H](C2)[C@@]1(C)O. The van der Waals surface area contributed by atoms with Gasteiger partial charge in [-0.3, -0.25) is 0 Å². The number of hydrogen-bond donors (Lipinski definition) is 4. The van der Waals surface area contributed by atoms with E-state index in [4.69, 9.17) is 5.11 Å². The molecule has 0 aromatic rings. The van der Waals surface area contributed by atoms with Crippen molar-refractivity contribution in [2.75, 3.05) is 6.61 Å². The fourth-order valence-corrected chi connectivity index (χ4v) is 4.26. The summed E-state index contributed by atoms with van der Waals surface area (Å²) in [5.74, 6) is 0.886. The Morgan fingerprint density at radius 1 is 1.26 bits per heavy atom. The maximum Gasteiger partial charge on any atom is 0.111 e. The summed E-state index contributed by atoms with van der Waals surface area (Å²) in [6.45, 7) is 5.02. The van der Waals surface area contributed by atoms with Crippen LogP contribution in [0.3, 0.4) is 0 Å². The molecule has 2 aliphatic carbocycles. The standard InChI is InChI=1S/C15H28O4/c1-13(7-6-12(17)14(2,18)9-16)10-4-5-11(8-10)15(13,3)19/h10-12,16-19H,4-9H2,1-3H3/t10-,11+,12?,13+,14?,15-/m1/s1. The molecule has 2 aliphatic rings. The van der Waals surface area contributed by atoms with Gasteiger partial charge in [0, 0.05) is 0 Å². The molecule has 4 N–H and O–H groups in total. The molecule has 0 aromatic heterocycles. The van der Waals surface area contributed by atoms with Crippen LogP contribution < -0.4 is 0 Å². The molecule has 4 heteroatoms. The van der Waals surface area contributed by atoms with Gasteiger partial charge in [0.05, 0.1) is 18.3 Å². The minimum absolute atomic E-state index is 0.192. The van der Waals surface area contributed by atoms with Crippen molar-refractivity contribution in [2.45, 2.75) is 70.2 Å². The molecule has 19 heavy (non-hydrogen) atoms. The van der Waals surface area contributed by atoms with Gasteiger partial charge >= 0.3 is 0 Å². The summed E-state index contributed by atoms with van der Waals surface area (Å²) in [5, 5.41) is 39.7. The summed E-state index contributed by atoms with van der Waals surface area (Å²) >= 11 is 0. The van der Waals surface area contributed by atoms with Crippen LogP contribution in [0.2, 0.25) is 0 Å². The Morgan fingerprint density at radius 3 is 2.32 bits per heavy atom. The van der Waals surface area contributed by atoms with Crippen LogP contribution >= 0.6 is 0 Å². The van der Waals surface area contributed by atoms with E-state index >= 15 is 0 Å². The third kappa shape index (κ3) is 2.23. The van der Waals surface area contributed by atoms with Gasteiger partial charge in [0.15, 0.2) is 0 Å². The van der Waals surface area contributed by atoms with Crippen LogP contribution in [0.15, 0.2) is 0 Å². The topological polar surface area (TPSA) is 80.9 Å². The van der Waals surface area contributed by atoms with Gasteiger partial charge in [-0.05, 0) is 63.2 Å². The number of rotatable bonds is 5. The second kappa shape index (κ2) is 4.69. The quantitative estimate of drug-likeness (QED) is 0.603. The molecular formula is C15H28O4. The molecule has 2 saturated carbocycles. The van der Waals surface area contributed by atoms with E-state index in [9.17, 15) is 15.3 Å². The zero-order valence-corrected chi connectivity index (χ0v) is 12.3. The molecule has 0 spiro atoms. The van der Waals surface area contributed by atoms with Gasteiger partial charge in [-0.1, -0.05) is 6.92 Å². The first kappa shape index (κ1) is 15.2. The summed E-state index contributed by atoms with van der Waals surface area (Å²) < 4.78 is 0. The van der Waals surface area contributed by atoms with Crippen molar-refractivity contribution in [2.24, 2.45) is 17.3 Å². The first-order valence-corrected chi connectivity index (χ1v) is 7.39. The van der Waals surface area contributed by atoms with E-state index in [1.807, 2.05) is 6.92 Å². The zero-order chi connectivity index (χ0) is 14.5. The fraction of sp³-hybridized carbons (Fsp3) is 1.00. The van der Waals surface area contributed by atoms with E-state index in [0.29, 0.717) is 24.7 Å². The maximum absolute atomic E-state index is 10.8. The third-order valence-corrected chi connectivity index (χ3v) is 6.26. The van der Waals surface area contributed by atoms with E-state index in [-0.39, 0.29) is 5.41 Å². The molecule has 2 fully saturated rings. The Kier molecular flexibility index (Phi) is 3.76. The molecular weight excluding hydrogens is 244 g/mol. The fourth-order valence-electron chi connectivity index (χ4n) is 4.26. The molecule has 2 rings (SSSR count). The van der Waals surface area contributed by atoms with Crippen LogP contribution in [-0.4, -0.2) is 44.3 Å². The van der Waals surface area contributed by atoms with Gasteiger partial charge in [-0.15, -0.1) is 0 Å². The lowest BCUT2D eigenvalue weighted by atomic mass is 9.62. The van der Waals surface area contributed by atoms with Gasteiger partial charge in [0.1, 0.15) is 5.60 Å². The van der Waals surface area contributed by atoms with Crippen LogP contribution in [-0.2, 0) is 0 Å². The Hall–Kier alpha value is -0.160. The van der Waals surface area contributed by atoms with Crippen molar-refractivity contribution in [1.82, 2.24) is 0 Å². The van der Waals surface area contributed by atoms with E-state index in [0.717, 1.165) is 19.3 Å². The highest BCUT2D eigenvalue weighted by atomic mass is 16.4. The molecule has 0 amide bonds. The molecule has 2 bridgehead atoms. The Balaban J connectivity index is 2.03. The number of fused-ring (bicyclic) bond motifs is 2. The molecule has 112 valence electrons. The molecule has 0 aromatic carbocycles. The smallest absolute Gasteiger partial charge is 0.111 e. The molecule has 6 atom stereocenters. The molecule has 0 heterocycles. The average Bonchev–Trinajstić information content (AvgIpc) is 2.90. The Morgan fingerprint density at radius 2 is 1.84 bits per heavy atom. The lowest BCUT2D eigenvalue weighted by molar-refractivity contribution is -0.126.